The molecular weight excluding hydrogens is 817 g/mol. The molecule has 0 spiro atoms. The number of rotatable bonds is 50. The molecule has 0 saturated heterocycles. The maximum absolute atomic E-state index is 12.8. The monoisotopic (exact) mass is 921 g/mol. The Bertz CT molecular complexity index is 1240. The van der Waals surface area contributed by atoms with Gasteiger partial charge in [0.05, 0.1) is 0 Å². The van der Waals surface area contributed by atoms with Crippen LogP contribution in [0.1, 0.15) is 271 Å². The van der Waals surface area contributed by atoms with E-state index < -0.39 is 6.10 Å². The first-order chi connectivity index (χ1) is 32.5. The zero-order valence-corrected chi connectivity index (χ0v) is 43.4. The van der Waals surface area contributed by atoms with Crippen LogP contribution in [-0.4, -0.2) is 37.2 Å². The molecule has 0 fully saturated rings. The molecule has 0 bridgehead atoms. The molecule has 0 aliphatic carbocycles. The second kappa shape index (κ2) is 54.5. The third-order valence-electron chi connectivity index (χ3n) is 11.9. The molecule has 66 heavy (non-hydrogen) atoms. The second-order valence-electron chi connectivity index (χ2n) is 18.5. The van der Waals surface area contributed by atoms with Crippen LogP contribution < -0.4 is 0 Å². The highest BCUT2D eigenvalue weighted by Gasteiger charge is 2.19. The van der Waals surface area contributed by atoms with Gasteiger partial charge in [0.2, 0.25) is 0 Å². The highest BCUT2D eigenvalue weighted by atomic mass is 16.6. The second-order valence-corrected chi connectivity index (χ2v) is 18.5. The van der Waals surface area contributed by atoms with E-state index in [1.165, 1.54) is 109 Å². The first-order valence-corrected chi connectivity index (χ1v) is 28.0. The predicted molar refractivity (Wildman–Crippen MR) is 284 cm³/mol. The van der Waals surface area contributed by atoms with Gasteiger partial charge in [0.15, 0.2) is 6.10 Å². The summed E-state index contributed by atoms with van der Waals surface area (Å²) in [4.78, 5) is 38.1. The Hall–Kier alpha value is -3.15. The minimum Gasteiger partial charge on any atom is -0.462 e. The van der Waals surface area contributed by atoms with Gasteiger partial charge in [0.1, 0.15) is 13.2 Å². The number of ether oxygens (including phenoxy) is 3. The Kier molecular flexibility index (Phi) is 51.9. The highest BCUT2D eigenvalue weighted by Crippen LogP contribution is 2.14. The van der Waals surface area contributed by atoms with Crippen molar-refractivity contribution in [3.63, 3.8) is 0 Å². The molecule has 0 saturated carbocycles. The fourth-order valence-corrected chi connectivity index (χ4v) is 7.74. The summed E-state index contributed by atoms with van der Waals surface area (Å²) in [5.74, 6) is -0.930. The van der Waals surface area contributed by atoms with Crippen LogP contribution in [0.2, 0.25) is 0 Å². The molecule has 380 valence electrons. The lowest BCUT2D eigenvalue weighted by atomic mass is 10.1. The summed E-state index contributed by atoms with van der Waals surface area (Å²) in [6.07, 6.45) is 68.9. The van der Waals surface area contributed by atoms with Crippen LogP contribution in [0.15, 0.2) is 72.9 Å². The molecule has 1 unspecified atom stereocenters. The van der Waals surface area contributed by atoms with Crippen LogP contribution in [0.4, 0.5) is 0 Å². The van der Waals surface area contributed by atoms with E-state index in [9.17, 15) is 14.4 Å². The zero-order valence-electron chi connectivity index (χ0n) is 43.4. The average molecular weight is 921 g/mol. The zero-order chi connectivity index (χ0) is 47.9. The minimum absolute atomic E-state index is 0.0933. The van der Waals surface area contributed by atoms with E-state index in [0.29, 0.717) is 19.3 Å². The molecule has 0 rings (SSSR count). The van der Waals surface area contributed by atoms with Gasteiger partial charge >= 0.3 is 17.9 Å². The molecular formula is C60H104O6. The van der Waals surface area contributed by atoms with Crippen LogP contribution >= 0.6 is 0 Å². The van der Waals surface area contributed by atoms with E-state index in [-0.39, 0.29) is 31.1 Å². The van der Waals surface area contributed by atoms with E-state index in [1.807, 2.05) is 0 Å². The fourth-order valence-electron chi connectivity index (χ4n) is 7.74. The first-order valence-electron chi connectivity index (χ1n) is 28.0. The van der Waals surface area contributed by atoms with Crippen LogP contribution in [0.5, 0.6) is 0 Å². The van der Waals surface area contributed by atoms with Crippen molar-refractivity contribution >= 4 is 17.9 Å². The topological polar surface area (TPSA) is 78.9 Å². The minimum atomic E-state index is -0.795. The molecule has 1 atom stereocenters. The lowest BCUT2D eigenvalue weighted by molar-refractivity contribution is -0.167. The average Bonchev–Trinajstić information content (AvgIpc) is 3.31. The molecule has 0 N–H and O–H groups in total. The maximum atomic E-state index is 12.8. The number of hydrogen-bond donors (Lipinski definition) is 0. The van der Waals surface area contributed by atoms with Crippen LogP contribution in [-0.2, 0) is 28.6 Å². The van der Waals surface area contributed by atoms with Gasteiger partial charge in [-0.3, -0.25) is 14.4 Å². The van der Waals surface area contributed by atoms with Crippen molar-refractivity contribution in [3.05, 3.63) is 72.9 Å². The Labute approximate surface area is 408 Å². The molecule has 0 heterocycles. The van der Waals surface area contributed by atoms with Gasteiger partial charge < -0.3 is 14.2 Å². The van der Waals surface area contributed by atoms with E-state index in [1.54, 1.807) is 0 Å². The Morgan fingerprint density at radius 1 is 0.333 bits per heavy atom. The molecule has 0 amide bonds. The highest BCUT2D eigenvalue weighted by molar-refractivity contribution is 5.71. The van der Waals surface area contributed by atoms with Crippen LogP contribution in [0.25, 0.3) is 0 Å². The van der Waals surface area contributed by atoms with Crippen molar-refractivity contribution < 1.29 is 28.6 Å². The van der Waals surface area contributed by atoms with Gasteiger partial charge in [-0.25, -0.2) is 0 Å². The van der Waals surface area contributed by atoms with Gasteiger partial charge in [-0.2, -0.15) is 0 Å². The number of esters is 3. The normalized spacial score (nSPS) is 12.6. The van der Waals surface area contributed by atoms with Crippen molar-refractivity contribution in [3.8, 4) is 0 Å². The molecule has 0 aromatic carbocycles. The number of carbonyl (C=O) groups excluding carboxylic acids is 3. The SMILES string of the molecule is CC/C=C\C/C=C\C/C=C\CCCCCCCCC(=O)OC(COC(=O)CCCCC/C=C\CCCCCCCCC)COC(=O)CCCCCCC/C=C\C=C/CCCCCCCCC. The number of allylic oxidation sites excluding steroid dienone is 12. The summed E-state index contributed by atoms with van der Waals surface area (Å²) >= 11 is 0. The van der Waals surface area contributed by atoms with Crippen molar-refractivity contribution in [1.82, 2.24) is 0 Å². The lowest BCUT2D eigenvalue weighted by Crippen LogP contribution is -2.30. The van der Waals surface area contributed by atoms with Crippen molar-refractivity contribution in [2.45, 2.75) is 277 Å². The van der Waals surface area contributed by atoms with Crippen molar-refractivity contribution in [2.75, 3.05) is 13.2 Å². The largest absolute Gasteiger partial charge is 0.462 e. The van der Waals surface area contributed by atoms with E-state index >= 15 is 0 Å². The molecule has 0 aliphatic heterocycles. The Morgan fingerprint density at radius 2 is 0.636 bits per heavy atom. The molecule has 0 radical (unpaired) electrons. The van der Waals surface area contributed by atoms with Crippen LogP contribution in [0, 0.1) is 0 Å². The molecule has 0 aromatic heterocycles. The van der Waals surface area contributed by atoms with Crippen molar-refractivity contribution in [2.24, 2.45) is 0 Å². The predicted octanol–water partition coefficient (Wildman–Crippen LogP) is 18.6. The molecule has 6 heteroatoms. The fraction of sp³-hybridized carbons (Fsp3) is 0.750. The van der Waals surface area contributed by atoms with Gasteiger partial charge in [-0.05, 0) is 103 Å². The third kappa shape index (κ3) is 51.8. The molecule has 0 aliphatic rings. The summed E-state index contributed by atoms with van der Waals surface area (Å²) in [6, 6.07) is 0. The van der Waals surface area contributed by atoms with Gasteiger partial charge in [-0.1, -0.05) is 222 Å². The molecule has 0 aromatic rings. The standard InChI is InChI=1S/C60H104O6/c1-4-7-10-13-16-19-22-25-28-30-31-33-35-38-41-44-47-50-53-59(62)65-56-57(55-64-58(61)52-49-46-43-40-37-34-27-24-21-18-15-12-9-6-3)66-60(63)54-51-48-45-42-39-36-32-29-26-23-20-17-14-11-8-5-2/h8,11,17,20,26,28-31,33-34,37,57H,4-7,9-10,12-16,18-19,21-25,27,32,35-36,38-56H2,1-3H3/b11-8-,20-17-,29-26-,30-28-,33-31-,37-34-. The third-order valence-corrected chi connectivity index (χ3v) is 11.9. The maximum Gasteiger partial charge on any atom is 0.306 e. The van der Waals surface area contributed by atoms with Gasteiger partial charge in [-0.15, -0.1) is 0 Å². The summed E-state index contributed by atoms with van der Waals surface area (Å²) < 4.78 is 16.8. The summed E-state index contributed by atoms with van der Waals surface area (Å²) in [5, 5.41) is 0. The number of carbonyl (C=O) groups is 3. The number of hydrogen-bond acceptors (Lipinski definition) is 6. The molecule has 6 nitrogen and oxygen atoms in total. The van der Waals surface area contributed by atoms with E-state index in [0.717, 1.165) is 122 Å². The lowest BCUT2D eigenvalue weighted by Gasteiger charge is -2.18. The Balaban J connectivity index is 4.44. The van der Waals surface area contributed by atoms with Crippen molar-refractivity contribution in [1.29, 1.82) is 0 Å². The number of unbranched alkanes of at least 4 members (excludes halogenated alkanes) is 28. The quantitative estimate of drug-likeness (QED) is 0.0199. The first kappa shape index (κ1) is 62.8. The summed E-state index contributed by atoms with van der Waals surface area (Å²) in [6.45, 7) is 6.49. The van der Waals surface area contributed by atoms with Gasteiger partial charge in [0.25, 0.3) is 0 Å². The summed E-state index contributed by atoms with van der Waals surface area (Å²) in [7, 11) is 0. The Morgan fingerprint density at radius 3 is 1.05 bits per heavy atom. The van der Waals surface area contributed by atoms with E-state index in [2.05, 4.69) is 93.7 Å². The van der Waals surface area contributed by atoms with Gasteiger partial charge in [0, 0.05) is 19.3 Å². The smallest absolute Gasteiger partial charge is 0.306 e. The van der Waals surface area contributed by atoms with E-state index in [4.69, 9.17) is 14.2 Å². The summed E-state index contributed by atoms with van der Waals surface area (Å²) in [5.41, 5.74) is 0. The van der Waals surface area contributed by atoms with Crippen LogP contribution in [0.3, 0.4) is 0 Å².